The van der Waals surface area contributed by atoms with Gasteiger partial charge in [0.05, 0.1) is 22.7 Å². The van der Waals surface area contributed by atoms with Crippen molar-refractivity contribution in [3.63, 3.8) is 0 Å². The van der Waals surface area contributed by atoms with Gasteiger partial charge < -0.3 is 5.32 Å². The van der Waals surface area contributed by atoms with Crippen molar-refractivity contribution >= 4 is 26.8 Å². The number of pyridine rings is 1. The van der Waals surface area contributed by atoms with E-state index in [2.05, 4.69) is 15.4 Å². The summed E-state index contributed by atoms with van der Waals surface area (Å²) in [6.45, 7) is 5.88. The van der Waals surface area contributed by atoms with Crippen LogP contribution < -0.4 is 5.32 Å². The second kappa shape index (κ2) is 7.11. The molecule has 0 saturated heterocycles. The Bertz CT molecular complexity index is 1090. The SMILES string of the molecule is CC(NC(=O)c1cnc2c(cnn2C(C)C)c1)c1ccc(S(C)(=O)=O)cc1. The molecule has 1 amide bonds. The summed E-state index contributed by atoms with van der Waals surface area (Å²) in [5, 5.41) is 8.02. The minimum absolute atomic E-state index is 0.185. The Morgan fingerprint density at radius 3 is 2.37 bits per heavy atom. The average Bonchev–Trinajstić information content (AvgIpc) is 3.04. The molecule has 1 unspecified atom stereocenters. The first-order valence-corrected chi connectivity index (χ1v) is 10.5. The van der Waals surface area contributed by atoms with E-state index in [1.54, 1.807) is 36.5 Å². The van der Waals surface area contributed by atoms with Crippen molar-refractivity contribution in [1.29, 1.82) is 0 Å². The molecule has 1 aromatic carbocycles. The molecule has 27 heavy (non-hydrogen) atoms. The van der Waals surface area contributed by atoms with Gasteiger partial charge in [0.25, 0.3) is 5.91 Å². The van der Waals surface area contributed by atoms with Crippen LogP contribution in [0.2, 0.25) is 0 Å². The second-order valence-corrected chi connectivity index (χ2v) is 8.87. The molecule has 2 aromatic heterocycles. The Labute approximate surface area is 158 Å². The standard InChI is InChI=1S/C19H22N4O3S/c1-12(2)23-18-15(11-21-23)9-16(10-20-18)19(24)22-13(3)14-5-7-17(8-6-14)27(4,25)26/h5-13H,1-4H3,(H,22,24). The lowest BCUT2D eigenvalue weighted by molar-refractivity contribution is 0.0939. The summed E-state index contributed by atoms with van der Waals surface area (Å²) in [5.41, 5.74) is 2.01. The van der Waals surface area contributed by atoms with Crippen molar-refractivity contribution in [3.8, 4) is 0 Å². The van der Waals surface area contributed by atoms with Crippen LogP contribution >= 0.6 is 0 Å². The van der Waals surface area contributed by atoms with Crippen molar-refractivity contribution in [1.82, 2.24) is 20.1 Å². The maximum absolute atomic E-state index is 12.6. The van der Waals surface area contributed by atoms with Gasteiger partial charge in [-0.2, -0.15) is 5.10 Å². The molecular weight excluding hydrogens is 364 g/mol. The number of carbonyl (C=O) groups excluding carboxylic acids is 1. The van der Waals surface area contributed by atoms with E-state index >= 15 is 0 Å². The van der Waals surface area contributed by atoms with Gasteiger partial charge in [0.1, 0.15) is 0 Å². The normalized spacial score (nSPS) is 13.1. The highest BCUT2D eigenvalue weighted by molar-refractivity contribution is 7.90. The predicted octanol–water partition coefficient (Wildman–Crippen LogP) is 2.91. The summed E-state index contributed by atoms with van der Waals surface area (Å²) in [6, 6.07) is 8.17. The molecule has 0 spiro atoms. The van der Waals surface area contributed by atoms with Crippen LogP contribution in [-0.2, 0) is 9.84 Å². The molecule has 0 aliphatic carbocycles. The number of carbonyl (C=O) groups is 1. The minimum Gasteiger partial charge on any atom is -0.345 e. The van der Waals surface area contributed by atoms with Crippen LogP contribution in [0.5, 0.6) is 0 Å². The third-order valence-electron chi connectivity index (χ3n) is 4.34. The molecule has 2 heterocycles. The maximum Gasteiger partial charge on any atom is 0.253 e. The van der Waals surface area contributed by atoms with Crippen LogP contribution in [-0.4, -0.2) is 35.3 Å². The average molecular weight is 386 g/mol. The summed E-state index contributed by atoms with van der Waals surface area (Å²) in [4.78, 5) is 17.2. The third-order valence-corrected chi connectivity index (χ3v) is 5.47. The molecule has 0 radical (unpaired) electrons. The summed E-state index contributed by atoms with van der Waals surface area (Å²) >= 11 is 0. The lowest BCUT2D eigenvalue weighted by atomic mass is 10.1. The molecule has 0 bridgehead atoms. The van der Waals surface area contributed by atoms with Crippen molar-refractivity contribution in [2.75, 3.05) is 6.26 Å². The number of fused-ring (bicyclic) bond motifs is 1. The van der Waals surface area contributed by atoms with Crippen LogP contribution in [0.4, 0.5) is 0 Å². The van der Waals surface area contributed by atoms with Crippen molar-refractivity contribution in [3.05, 3.63) is 53.9 Å². The van der Waals surface area contributed by atoms with Crippen LogP contribution in [0, 0.1) is 0 Å². The van der Waals surface area contributed by atoms with Gasteiger partial charge in [0.2, 0.25) is 0 Å². The monoisotopic (exact) mass is 386 g/mol. The van der Waals surface area contributed by atoms with Gasteiger partial charge in [-0.1, -0.05) is 12.1 Å². The topological polar surface area (TPSA) is 93.9 Å². The Morgan fingerprint density at radius 2 is 1.78 bits per heavy atom. The van der Waals surface area contributed by atoms with E-state index in [1.807, 2.05) is 25.5 Å². The maximum atomic E-state index is 12.6. The van der Waals surface area contributed by atoms with E-state index in [-0.39, 0.29) is 22.9 Å². The molecule has 3 aromatic rings. The molecule has 8 heteroatoms. The molecule has 0 saturated carbocycles. The van der Waals surface area contributed by atoms with E-state index in [4.69, 9.17) is 0 Å². The van der Waals surface area contributed by atoms with Gasteiger partial charge in [-0.25, -0.2) is 18.1 Å². The molecular formula is C19H22N4O3S. The van der Waals surface area contributed by atoms with E-state index < -0.39 is 9.84 Å². The Balaban J connectivity index is 1.77. The van der Waals surface area contributed by atoms with Gasteiger partial charge in [-0.15, -0.1) is 0 Å². The number of aromatic nitrogens is 3. The Morgan fingerprint density at radius 1 is 1.11 bits per heavy atom. The number of hydrogen-bond acceptors (Lipinski definition) is 5. The predicted molar refractivity (Wildman–Crippen MR) is 103 cm³/mol. The largest absolute Gasteiger partial charge is 0.345 e. The summed E-state index contributed by atoms with van der Waals surface area (Å²) in [7, 11) is -3.24. The quantitative estimate of drug-likeness (QED) is 0.728. The number of benzene rings is 1. The summed E-state index contributed by atoms with van der Waals surface area (Å²) in [6.07, 6.45) is 4.40. The van der Waals surface area contributed by atoms with Crippen LogP contribution in [0.25, 0.3) is 11.0 Å². The number of nitrogens with one attached hydrogen (secondary N) is 1. The van der Waals surface area contributed by atoms with Crippen molar-refractivity contribution in [2.24, 2.45) is 0 Å². The molecule has 7 nitrogen and oxygen atoms in total. The van der Waals surface area contributed by atoms with Gasteiger partial charge in [0.15, 0.2) is 15.5 Å². The fraction of sp³-hybridized carbons (Fsp3) is 0.316. The summed E-state index contributed by atoms with van der Waals surface area (Å²) < 4.78 is 24.9. The first kappa shape index (κ1) is 19.0. The smallest absolute Gasteiger partial charge is 0.253 e. The summed E-state index contributed by atoms with van der Waals surface area (Å²) in [5.74, 6) is -0.249. The zero-order valence-corrected chi connectivity index (χ0v) is 16.5. The van der Waals surface area contributed by atoms with E-state index in [1.165, 1.54) is 6.20 Å². The molecule has 142 valence electrons. The number of amides is 1. The zero-order valence-electron chi connectivity index (χ0n) is 15.7. The third kappa shape index (κ3) is 4.00. The number of hydrogen-bond donors (Lipinski definition) is 1. The molecule has 1 N–H and O–H groups in total. The van der Waals surface area contributed by atoms with Crippen LogP contribution in [0.3, 0.4) is 0 Å². The fourth-order valence-corrected chi connectivity index (χ4v) is 3.44. The van der Waals surface area contributed by atoms with Gasteiger partial charge in [0, 0.05) is 23.9 Å². The molecule has 0 aliphatic heterocycles. The lowest BCUT2D eigenvalue weighted by Gasteiger charge is -2.15. The Hall–Kier alpha value is -2.74. The first-order valence-electron chi connectivity index (χ1n) is 8.61. The lowest BCUT2D eigenvalue weighted by Crippen LogP contribution is -2.26. The van der Waals surface area contributed by atoms with Crippen molar-refractivity contribution < 1.29 is 13.2 Å². The highest BCUT2D eigenvalue weighted by atomic mass is 32.2. The number of rotatable bonds is 5. The van der Waals surface area contributed by atoms with Crippen LogP contribution in [0.15, 0.2) is 47.6 Å². The van der Waals surface area contributed by atoms with Gasteiger partial charge >= 0.3 is 0 Å². The van der Waals surface area contributed by atoms with Crippen molar-refractivity contribution in [2.45, 2.75) is 37.8 Å². The zero-order chi connectivity index (χ0) is 19.8. The number of sulfone groups is 1. The molecule has 0 aliphatic rings. The fourth-order valence-electron chi connectivity index (χ4n) is 2.81. The van der Waals surface area contributed by atoms with Crippen LogP contribution in [0.1, 0.15) is 48.8 Å². The van der Waals surface area contributed by atoms with Gasteiger partial charge in [-0.3, -0.25) is 4.79 Å². The highest BCUT2D eigenvalue weighted by Crippen LogP contribution is 2.19. The van der Waals surface area contributed by atoms with Gasteiger partial charge in [-0.05, 0) is 44.5 Å². The highest BCUT2D eigenvalue weighted by Gasteiger charge is 2.15. The molecule has 0 fully saturated rings. The molecule has 3 rings (SSSR count). The second-order valence-electron chi connectivity index (χ2n) is 6.86. The van der Waals surface area contributed by atoms with E-state index in [9.17, 15) is 13.2 Å². The van der Waals surface area contributed by atoms with E-state index in [0.29, 0.717) is 5.56 Å². The minimum atomic E-state index is -3.24. The number of nitrogens with zero attached hydrogens (tertiary/aromatic N) is 3. The van der Waals surface area contributed by atoms with E-state index in [0.717, 1.165) is 22.9 Å². The Kier molecular flexibility index (Phi) is 5.01. The molecule has 1 atom stereocenters. The first-order chi connectivity index (χ1) is 12.7.